The number of rotatable bonds is 2. The number of ketones is 1. The Balaban J connectivity index is 1.36. The number of likely N-dealkylation sites (tertiary alicyclic amines) is 1. The first-order valence-electron chi connectivity index (χ1n) is 14.3. The van der Waals surface area contributed by atoms with E-state index in [9.17, 15) is 14.0 Å². The van der Waals surface area contributed by atoms with Gasteiger partial charge in [0, 0.05) is 30.2 Å². The van der Waals surface area contributed by atoms with Gasteiger partial charge in [-0.2, -0.15) is 0 Å². The summed E-state index contributed by atoms with van der Waals surface area (Å²) in [6.07, 6.45) is 14.5. The molecule has 5 aliphatic rings. The van der Waals surface area contributed by atoms with Gasteiger partial charge in [0.15, 0.2) is 5.78 Å². The summed E-state index contributed by atoms with van der Waals surface area (Å²) in [5.41, 5.74) is 1.72. The third-order valence-electron chi connectivity index (χ3n) is 11.2. The molecule has 0 bridgehead atoms. The van der Waals surface area contributed by atoms with Crippen LogP contribution >= 0.6 is 0 Å². The first kappa shape index (κ1) is 24.2. The number of fused-ring (bicyclic) bond motifs is 5. The Hall–Kier alpha value is -2.17. The van der Waals surface area contributed by atoms with Crippen LogP contribution < -0.4 is 5.32 Å². The van der Waals surface area contributed by atoms with Gasteiger partial charge in [0.05, 0.1) is 5.54 Å². The normalized spacial score (nSPS) is 37.4. The van der Waals surface area contributed by atoms with Crippen molar-refractivity contribution in [2.24, 2.45) is 28.6 Å². The molecule has 4 fully saturated rings. The summed E-state index contributed by atoms with van der Waals surface area (Å²) in [5.74, 6) is 1.57. The highest BCUT2D eigenvalue weighted by Gasteiger charge is 2.59. The molecule has 36 heavy (non-hydrogen) atoms. The van der Waals surface area contributed by atoms with Crippen LogP contribution in [0.25, 0.3) is 0 Å². The molecule has 1 aliphatic heterocycles. The molecule has 1 N–H and O–H groups in total. The number of allylic oxidation sites excluding steroid dienone is 2. The van der Waals surface area contributed by atoms with E-state index in [1.165, 1.54) is 44.2 Å². The standard InChI is InChI=1S/C31H41FN2O2/c1-29-14-6-7-25(29)24-20-34(27-19-23(35)12-18-30(27,2)26(24)13-17-29)28(36)33-31(15-4-3-5-16-31)21-8-10-22(32)11-9-21/h8-11,19,24-26H,3-7,12-18,20H2,1-2H3,(H,33,36)/t24-,25-,26-,29-,30+/m0/s1. The number of benzene rings is 1. The summed E-state index contributed by atoms with van der Waals surface area (Å²) in [6, 6.07) is 6.62. The van der Waals surface area contributed by atoms with E-state index in [4.69, 9.17) is 0 Å². The van der Waals surface area contributed by atoms with Crippen LogP contribution in [0.1, 0.15) is 96.5 Å². The zero-order valence-corrected chi connectivity index (χ0v) is 22.0. The van der Waals surface area contributed by atoms with Crippen molar-refractivity contribution in [3.63, 3.8) is 0 Å². The van der Waals surface area contributed by atoms with Gasteiger partial charge >= 0.3 is 6.03 Å². The fourth-order valence-electron chi connectivity index (χ4n) is 9.17. The first-order chi connectivity index (χ1) is 17.2. The molecule has 5 heteroatoms. The number of amides is 2. The Bertz CT molecular complexity index is 1070. The number of nitrogens with zero attached hydrogens (tertiary/aromatic N) is 1. The lowest BCUT2D eigenvalue weighted by atomic mass is 9.50. The Morgan fingerprint density at radius 3 is 2.44 bits per heavy atom. The van der Waals surface area contributed by atoms with E-state index in [0.717, 1.165) is 49.8 Å². The van der Waals surface area contributed by atoms with E-state index < -0.39 is 5.54 Å². The van der Waals surface area contributed by atoms with E-state index >= 15 is 0 Å². The van der Waals surface area contributed by atoms with Gasteiger partial charge in [-0.25, -0.2) is 9.18 Å². The summed E-state index contributed by atoms with van der Waals surface area (Å²) < 4.78 is 13.8. The number of hydrogen-bond acceptors (Lipinski definition) is 2. The first-order valence-corrected chi connectivity index (χ1v) is 14.3. The third kappa shape index (κ3) is 3.75. The highest BCUT2D eigenvalue weighted by Crippen LogP contribution is 2.64. The number of hydrogen-bond donors (Lipinski definition) is 1. The molecule has 0 radical (unpaired) electrons. The van der Waals surface area contributed by atoms with Gasteiger partial charge in [-0.05, 0) is 85.8 Å². The maximum absolute atomic E-state index is 14.3. The maximum Gasteiger partial charge on any atom is 0.322 e. The molecule has 3 saturated carbocycles. The zero-order valence-electron chi connectivity index (χ0n) is 22.0. The van der Waals surface area contributed by atoms with Crippen molar-refractivity contribution >= 4 is 11.8 Å². The van der Waals surface area contributed by atoms with Crippen molar-refractivity contribution in [3.8, 4) is 0 Å². The van der Waals surface area contributed by atoms with Crippen LogP contribution in [-0.4, -0.2) is 23.3 Å². The second kappa shape index (κ2) is 8.70. The van der Waals surface area contributed by atoms with Crippen LogP contribution in [0.4, 0.5) is 9.18 Å². The van der Waals surface area contributed by atoms with Crippen LogP contribution in [-0.2, 0) is 10.3 Å². The monoisotopic (exact) mass is 492 g/mol. The minimum atomic E-state index is -0.482. The van der Waals surface area contributed by atoms with Crippen LogP contribution in [0.5, 0.6) is 0 Å². The summed E-state index contributed by atoms with van der Waals surface area (Å²) >= 11 is 0. The van der Waals surface area contributed by atoms with Crippen LogP contribution in [0.3, 0.4) is 0 Å². The van der Waals surface area contributed by atoms with Gasteiger partial charge in [0.2, 0.25) is 0 Å². The molecule has 1 aromatic carbocycles. The number of halogens is 1. The number of carbonyl (C=O) groups is 2. The molecule has 1 heterocycles. The molecule has 194 valence electrons. The van der Waals surface area contributed by atoms with E-state index in [0.29, 0.717) is 36.1 Å². The molecule has 0 aromatic heterocycles. The summed E-state index contributed by atoms with van der Waals surface area (Å²) in [7, 11) is 0. The molecule has 0 spiro atoms. The molecule has 4 aliphatic carbocycles. The van der Waals surface area contributed by atoms with Crippen LogP contribution in [0.15, 0.2) is 36.0 Å². The van der Waals surface area contributed by atoms with E-state index in [2.05, 4.69) is 19.2 Å². The third-order valence-corrected chi connectivity index (χ3v) is 11.2. The molecule has 1 saturated heterocycles. The molecular weight excluding hydrogens is 451 g/mol. The quantitative estimate of drug-likeness (QED) is 0.479. The highest BCUT2D eigenvalue weighted by molar-refractivity contribution is 5.93. The van der Waals surface area contributed by atoms with Gasteiger partial charge in [0.25, 0.3) is 0 Å². The van der Waals surface area contributed by atoms with Crippen molar-refractivity contribution in [1.29, 1.82) is 0 Å². The lowest BCUT2D eigenvalue weighted by Gasteiger charge is -2.60. The van der Waals surface area contributed by atoms with Crippen molar-refractivity contribution < 1.29 is 14.0 Å². The zero-order chi connectivity index (χ0) is 25.1. The lowest BCUT2D eigenvalue weighted by Crippen LogP contribution is -2.61. The number of piperidine rings is 1. The van der Waals surface area contributed by atoms with Gasteiger partial charge in [-0.1, -0.05) is 51.7 Å². The van der Waals surface area contributed by atoms with Crippen molar-refractivity contribution in [2.45, 2.75) is 96.4 Å². The van der Waals surface area contributed by atoms with E-state index in [1.807, 2.05) is 17.0 Å². The SMILES string of the molecule is C[C@@]12CCC[C@H]1[C@@H]1CN(C(=O)NC3(c4ccc(F)cc4)CCCCC3)C3=CC(=O)CC[C@]3(C)[C@H]1CC2. The van der Waals surface area contributed by atoms with Crippen molar-refractivity contribution in [2.75, 3.05) is 6.54 Å². The van der Waals surface area contributed by atoms with Crippen LogP contribution in [0.2, 0.25) is 0 Å². The maximum atomic E-state index is 14.3. The topological polar surface area (TPSA) is 49.4 Å². The Kier molecular flexibility index (Phi) is 5.84. The predicted molar refractivity (Wildman–Crippen MR) is 138 cm³/mol. The van der Waals surface area contributed by atoms with E-state index in [1.54, 1.807) is 6.08 Å². The average molecular weight is 493 g/mol. The van der Waals surface area contributed by atoms with E-state index in [-0.39, 0.29) is 23.0 Å². The Labute approximate surface area is 215 Å². The van der Waals surface area contributed by atoms with Gasteiger partial charge < -0.3 is 5.32 Å². The minimum absolute atomic E-state index is 0.0721. The van der Waals surface area contributed by atoms with Crippen molar-refractivity contribution in [1.82, 2.24) is 10.2 Å². The van der Waals surface area contributed by atoms with Crippen molar-refractivity contribution in [3.05, 3.63) is 47.4 Å². The molecule has 5 atom stereocenters. The number of urea groups is 1. The minimum Gasteiger partial charge on any atom is -0.328 e. The molecular formula is C31H41FN2O2. The summed E-state index contributed by atoms with van der Waals surface area (Å²) in [6.45, 7) is 5.52. The Morgan fingerprint density at radius 2 is 1.69 bits per heavy atom. The fraction of sp³-hybridized carbons (Fsp3) is 0.677. The summed E-state index contributed by atoms with van der Waals surface area (Å²) in [4.78, 5) is 28.9. The largest absolute Gasteiger partial charge is 0.328 e. The second-order valence-electron chi connectivity index (χ2n) is 13.1. The smallest absolute Gasteiger partial charge is 0.322 e. The molecule has 4 nitrogen and oxygen atoms in total. The molecule has 2 amide bonds. The fourth-order valence-corrected chi connectivity index (χ4v) is 9.17. The molecule has 6 rings (SSSR count). The average Bonchev–Trinajstić information content (AvgIpc) is 3.27. The number of nitrogens with one attached hydrogen (secondary N) is 1. The molecule has 1 aromatic rings. The second-order valence-corrected chi connectivity index (χ2v) is 13.1. The lowest BCUT2D eigenvalue weighted by molar-refractivity contribution is -0.118. The summed E-state index contributed by atoms with van der Waals surface area (Å²) in [5, 5.41) is 3.48. The number of carbonyl (C=O) groups excluding carboxylic acids is 2. The van der Waals surface area contributed by atoms with Crippen LogP contribution in [0, 0.1) is 34.4 Å². The van der Waals surface area contributed by atoms with Gasteiger partial charge in [-0.3, -0.25) is 9.69 Å². The van der Waals surface area contributed by atoms with Gasteiger partial charge in [-0.15, -0.1) is 0 Å². The predicted octanol–water partition coefficient (Wildman–Crippen LogP) is 7.10. The Morgan fingerprint density at radius 1 is 0.944 bits per heavy atom. The highest BCUT2D eigenvalue weighted by atomic mass is 19.1. The van der Waals surface area contributed by atoms with Gasteiger partial charge in [0.1, 0.15) is 5.82 Å². The molecule has 0 unspecified atom stereocenters.